The quantitative estimate of drug-likeness (QED) is 0.505. The van der Waals surface area contributed by atoms with E-state index in [1.54, 1.807) is 22.6 Å². The van der Waals surface area contributed by atoms with Crippen molar-refractivity contribution < 1.29 is 14.1 Å². The van der Waals surface area contributed by atoms with Crippen LogP contribution in [0, 0.1) is 19.5 Å². The normalized spacial score (nSPS) is 18.9. The van der Waals surface area contributed by atoms with Gasteiger partial charge < -0.3 is 10.1 Å². The molecule has 1 aromatic carbocycles. The number of rotatable bonds is 4. The molecule has 0 aliphatic carbocycles. The molecule has 2 rings (SSSR count). The number of benzene rings is 1. The Hall–Kier alpha value is -0.960. The Morgan fingerprint density at radius 1 is 1.61 bits per heavy atom. The minimum atomic E-state index is -0.557. The average Bonchev–Trinajstić information content (AvgIpc) is 2.83. The van der Waals surface area contributed by atoms with E-state index in [1.807, 2.05) is 0 Å². The van der Waals surface area contributed by atoms with Gasteiger partial charge in [-0.15, -0.1) is 0 Å². The summed E-state index contributed by atoms with van der Waals surface area (Å²) in [4.78, 5) is 10.3. The average molecular weight is 366 g/mol. The molecule has 0 amide bonds. The van der Waals surface area contributed by atoms with Crippen molar-refractivity contribution in [2.24, 2.45) is 0 Å². The van der Waals surface area contributed by atoms with Crippen LogP contribution >= 0.6 is 22.6 Å². The minimum absolute atomic E-state index is 0.00776. The number of hydrogen-bond donors (Lipinski definition) is 1. The molecular weight excluding hydrogens is 354 g/mol. The summed E-state index contributed by atoms with van der Waals surface area (Å²) in [6.45, 7) is 1.25. The Kier molecular flexibility index (Phi) is 4.33. The number of nitrogens with one attached hydrogen (secondary N) is 1. The molecule has 18 heavy (non-hydrogen) atoms. The van der Waals surface area contributed by atoms with Crippen molar-refractivity contribution in [1.82, 2.24) is 5.32 Å². The molecule has 1 saturated heterocycles. The molecule has 0 saturated carbocycles. The van der Waals surface area contributed by atoms with Crippen molar-refractivity contribution in [3.8, 4) is 5.75 Å². The molecule has 1 N–H and O–H groups in total. The highest BCUT2D eigenvalue weighted by Crippen LogP contribution is 2.31. The SMILES string of the molecule is O=[N+]([O-])c1cc(I)c(F)cc1OCC1CCCN1. The van der Waals surface area contributed by atoms with Crippen molar-refractivity contribution in [1.29, 1.82) is 0 Å². The summed E-state index contributed by atoms with van der Waals surface area (Å²) in [5, 5.41) is 14.1. The van der Waals surface area contributed by atoms with Crippen molar-refractivity contribution >= 4 is 28.3 Å². The first-order chi connectivity index (χ1) is 8.58. The molecule has 1 aromatic rings. The van der Waals surface area contributed by atoms with Crippen LogP contribution in [-0.2, 0) is 0 Å². The van der Waals surface area contributed by atoms with E-state index < -0.39 is 10.7 Å². The number of hydrogen-bond acceptors (Lipinski definition) is 4. The lowest BCUT2D eigenvalue weighted by Crippen LogP contribution is -2.28. The molecule has 0 radical (unpaired) electrons. The first kappa shape index (κ1) is 13.5. The lowest BCUT2D eigenvalue weighted by molar-refractivity contribution is -0.386. The molecule has 1 atom stereocenters. The van der Waals surface area contributed by atoms with Crippen LogP contribution in [0.3, 0.4) is 0 Å². The van der Waals surface area contributed by atoms with E-state index in [4.69, 9.17) is 4.74 Å². The minimum Gasteiger partial charge on any atom is -0.485 e. The number of halogens is 2. The van der Waals surface area contributed by atoms with Crippen LogP contribution < -0.4 is 10.1 Å². The lowest BCUT2D eigenvalue weighted by atomic mass is 10.2. The second-order valence-electron chi connectivity index (χ2n) is 4.10. The third-order valence-corrected chi connectivity index (χ3v) is 3.63. The molecular formula is C11H12FIN2O3. The van der Waals surface area contributed by atoms with Gasteiger partial charge in [-0.3, -0.25) is 10.1 Å². The van der Waals surface area contributed by atoms with Crippen molar-refractivity contribution in [2.75, 3.05) is 13.2 Å². The predicted octanol–water partition coefficient (Wildman–Crippen LogP) is 2.47. The van der Waals surface area contributed by atoms with Crippen LogP contribution in [0.15, 0.2) is 12.1 Å². The van der Waals surface area contributed by atoms with Gasteiger partial charge in [-0.2, -0.15) is 0 Å². The highest BCUT2D eigenvalue weighted by atomic mass is 127. The Bertz CT molecular complexity index is 464. The number of ether oxygens (including phenoxy) is 1. The van der Waals surface area contributed by atoms with Gasteiger partial charge in [-0.1, -0.05) is 0 Å². The first-order valence-electron chi connectivity index (χ1n) is 5.57. The van der Waals surface area contributed by atoms with Gasteiger partial charge in [-0.25, -0.2) is 4.39 Å². The van der Waals surface area contributed by atoms with Gasteiger partial charge in [0.05, 0.1) is 8.49 Å². The zero-order chi connectivity index (χ0) is 13.1. The summed E-state index contributed by atoms with van der Waals surface area (Å²) in [6.07, 6.45) is 2.04. The fourth-order valence-corrected chi connectivity index (χ4v) is 2.32. The van der Waals surface area contributed by atoms with Crippen LogP contribution in [0.25, 0.3) is 0 Å². The molecule has 1 aliphatic heterocycles. The summed E-state index contributed by atoms with van der Waals surface area (Å²) in [6, 6.07) is 2.45. The van der Waals surface area contributed by atoms with Gasteiger partial charge in [0, 0.05) is 18.2 Å². The molecule has 5 nitrogen and oxygen atoms in total. The van der Waals surface area contributed by atoms with Crippen LogP contribution in [0.5, 0.6) is 5.75 Å². The zero-order valence-corrected chi connectivity index (χ0v) is 11.6. The highest BCUT2D eigenvalue weighted by molar-refractivity contribution is 14.1. The molecule has 0 bridgehead atoms. The van der Waals surface area contributed by atoms with Crippen molar-refractivity contribution in [2.45, 2.75) is 18.9 Å². The fraction of sp³-hybridized carbons (Fsp3) is 0.455. The second kappa shape index (κ2) is 5.79. The summed E-state index contributed by atoms with van der Waals surface area (Å²) < 4.78 is 19.0. The van der Waals surface area contributed by atoms with E-state index in [9.17, 15) is 14.5 Å². The van der Waals surface area contributed by atoms with Crippen LogP contribution in [0.4, 0.5) is 10.1 Å². The maximum absolute atomic E-state index is 13.4. The number of nitro benzene ring substituents is 1. The molecule has 7 heteroatoms. The molecule has 1 fully saturated rings. The van der Waals surface area contributed by atoms with Gasteiger partial charge in [0.2, 0.25) is 0 Å². The van der Waals surface area contributed by atoms with Crippen LogP contribution in [0.2, 0.25) is 0 Å². The van der Waals surface area contributed by atoms with Gasteiger partial charge in [0.15, 0.2) is 5.75 Å². The lowest BCUT2D eigenvalue weighted by Gasteiger charge is -2.12. The van der Waals surface area contributed by atoms with Crippen LogP contribution in [-0.4, -0.2) is 24.1 Å². The van der Waals surface area contributed by atoms with Crippen LogP contribution in [0.1, 0.15) is 12.8 Å². The van der Waals surface area contributed by atoms with Crippen molar-refractivity contribution in [3.63, 3.8) is 0 Å². The Morgan fingerprint density at radius 2 is 2.39 bits per heavy atom. The molecule has 1 unspecified atom stereocenters. The predicted molar refractivity (Wildman–Crippen MR) is 72.3 cm³/mol. The molecule has 0 aromatic heterocycles. The monoisotopic (exact) mass is 366 g/mol. The van der Waals surface area contributed by atoms with Gasteiger partial charge in [-0.05, 0) is 42.0 Å². The van der Waals surface area contributed by atoms with E-state index in [-0.39, 0.29) is 21.0 Å². The number of nitrogens with zero attached hydrogens (tertiary/aromatic N) is 1. The first-order valence-corrected chi connectivity index (χ1v) is 6.65. The fourth-order valence-electron chi connectivity index (χ4n) is 1.87. The topological polar surface area (TPSA) is 64.4 Å². The molecule has 98 valence electrons. The highest BCUT2D eigenvalue weighted by Gasteiger charge is 2.21. The van der Waals surface area contributed by atoms with Gasteiger partial charge >= 0.3 is 5.69 Å². The molecule has 1 aliphatic rings. The number of nitro groups is 1. The summed E-state index contributed by atoms with van der Waals surface area (Å²) in [7, 11) is 0. The Labute approximate surface area is 117 Å². The maximum Gasteiger partial charge on any atom is 0.312 e. The zero-order valence-electron chi connectivity index (χ0n) is 9.49. The molecule has 0 spiro atoms. The summed E-state index contributed by atoms with van der Waals surface area (Å²) in [5.74, 6) is -0.512. The van der Waals surface area contributed by atoms with E-state index >= 15 is 0 Å². The Morgan fingerprint density at radius 3 is 3.00 bits per heavy atom. The maximum atomic E-state index is 13.4. The van der Waals surface area contributed by atoms with E-state index in [1.165, 1.54) is 6.07 Å². The Balaban J connectivity index is 2.14. The third-order valence-electron chi connectivity index (χ3n) is 2.80. The van der Waals surface area contributed by atoms with Crippen molar-refractivity contribution in [3.05, 3.63) is 31.6 Å². The second-order valence-corrected chi connectivity index (χ2v) is 5.26. The van der Waals surface area contributed by atoms with Gasteiger partial charge in [0.1, 0.15) is 12.4 Å². The summed E-state index contributed by atoms with van der Waals surface area (Å²) in [5.41, 5.74) is -0.196. The smallest absolute Gasteiger partial charge is 0.312 e. The van der Waals surface area contributed by atoms with E-state index in [2.05, 4.69) is 5.32 Å². The standard InChI is InChI=1S/C11H12FIN2O3/c12-8-4-11(10(15(16)17)5-9(8)13)18-6-7-2-1-3-14-7/h4-5,7,14H,1-3,6H2. The summed E-state index contributed by atoms with van der Waals surface area (Å²) >= 11 is 1.72. The van der Waals surface area contributed by atoms with E-state index in [0.29, 0.717) is 6.61 Å². The third kappa shape index (κ3) is 3.08. The molecule has 1 heterocycles. The largest absolute Gasteiger partial charge is 0.485 e. The van der Waals surface area contributed by atoms with E-state index in [0.717, 1.165) is 25.5 Å². The van der Waals surface area contributed by atoms with Gasteiger partial charge in [0.25, 0.3) is 0 Å².